The molecule has 6 atom stereocenters. The average Bonchev–Trinajstić information content (AvgIpc) is 2.49. The van der Waals surface area contributed by atoms with Crippen LogP contribution in [-0.4, -0.2) is 68.8 Å². The second kappa shape index (κ2) is 9.71. The van der Waals surface area contributed by atoms with E-state index < -0.39 is 36.6 Å². The van der Waals surface area contributed by atoms with Crippen molar-refractivity contribution in [1.29, 1.82) is 0 Å². The van der Waals surface area contributed by atoms with Crippen LogP contribution in [0.3, 0.4) is 0 Å². The summed E-state index contributed by atoms with van der Waals surface area (Å²) in [5.74, 6) is 0. The largest absolute Gasteiger partial charge is 0.387 e. The number of ether oxygens (including phenoxy) is 1. The van der Waals surface area contributed by atoms with E-state index in [0.717, 1.165) is 19.3 Å². The molecule has 0 saturated heterocycles. The molecule has 0 heterocycles. The maximum Gasteiger partial charge on any atom is 0.114 e. The lowest BCUT2D eigenvalue weighted by Crippen LogP contribution is -2.64. The first-order chi connectivity index (χ1) is 10.0. The molecule has 0 bridgehead atoms. The average molecular weight is 306 g/mol. The molecule has 1 fully saturated rings. The first-order valence-electron chi connectivity index (χ1n) is 8.02. The molecule has 0 amide bonds. The number of aliphatic hydroxyl groups excluding tert-OH is 5. The molecule has 1 aliphatic carbocycles. The Morgan fingerprint density at radius 2 is 1.05 bits per heavy atom. The molecule has 1 aliphatic rings. The molecule has 0 aromatic heterocycles. The number of unbranched alkanes of at least 4 members (excludes halogenated alkanes) is 6. The summed E-state index contributed by atoms with van der Waals surface area (Å²) < 4.78 is 5.39. The number of aliphatic hydroxyl groups is 5. The molecule has 5 N–H and O–H groups in total. The predicted octanol–water partition coefficient (Wildman–Crippen LogP) is -0.0597. The van der Waals surface area contributed by atoms with E-state index in [1.165, 1.54) is 25.7 Å². The highest BCUT2D eigenvalue weighted by Gasteiger charge is 2.48. The Kier molecular flexibility index (Phi) is 8.70. The Balaban J connectivity index is 2.21. The fourth-order valence-corrected chi connectivity index (χ4v) is 2.67. The zero-order valence-corrected chi connectivity index (χ0v) is 12.8. The van der Waals surface area contributed by atoms with E-state index in [1.54, 1.807) is 0 Å². The van der Waals surface area contributed by atoms with Crippen LogP contribution < -0.4 is 0 Å². The van der Waals surface area contributed by atoms with E-state index in [9.17, 15) is 25.5 Å². The van der Waals surface area contributed by atoms with Gasteiger partial charge in [-0.25, -0.2) is 0 Å². The lowest BCUT2D eigenvalue weighted by atomic mass is 9.85. The lowest BCUT2D eigenvalue weighted by Gasteiger charge is -2.41. The molecule has 0 aromatic rings. The third-order valence-corrected chi connectivity index (χ3v) is 4.13. The van der Waals surface area contributed by atoms with Crippen molar-refractivity contribution in [2.24, 2.45) is 0 Å². The summed E-state index contributed by atoms with van der Waals surface area (Å²) in [5.41, 5.74) is 0. The maximum absolute atomic E-state index is 9.79. The monoisotopic (exact) mass is 306 g/mol. The normalized spacial score (nSPS) is 36.9. The minimum atomic E-state index is -1.56. The van der Waals surface area contributed by atoms with Crippen LogP contribution in [0.25, 0.3) is 0 Å². The van der Waals surface area contributed by atoms with Crippen molar-refractivity contribution >= 4 is 0 Å². The van der Waals surface area contributed by atoms with E-state index in [4.69, 9.17) is 4.74 Å². The molecule has 0 aliphatic heterocycles. The molecule has 2 unspecified atom stereocenters. The van der Waals surface area contributed by atoms with Gasteiger partial charge in [0.1, 0.15) is 36.6 Å². The maximum atomic E-state index is 9.79. The van der Waals surface area contributed by atoms with Gasteiger partial charge in [0.05, 0.1) is 0 Å². The third kappa shape index (κ3) is 5.47. The molecule has 6 heteroatoms. The van der Waals surface area contributed by atoms with Gasteiger partial charge in [0, 0.05) is 6.61 Å². The van der Waals surface area contributed by atoms with Gasteiger partial charge >= 0.3 is 0 Å². The molecule has 0 aromatic carbocycles. The predicted molar refractivity (Wildman–Crippen MR) is 77.8 cm³/mol. The Labute approximate surface area is 126 Å². The Hall–Kier alpha value is -0.240. The van der Waals surface area contributed by atoms with Crippen LogP contribution in [-0.2, 0) is 4.74 Å². The van der Waals surface area contributed by atoms with E-state index in [1.807, 2.05) is 0 Å². The molecular formula is C15H30O6. The zero-order chi connectivity index (χ0) is 15.8. The van der Waals surface area contributed by atoms with Gasteiger partial charge < -0.3 is 30.3 Å². The van der Waals surface area contributed by atoms with Crippen LogP contribution >= 0.6 is 0 Å². The summed E-state index contributed by atoms with van der Waals surface area (Å²) in [7, 11) is 0. The summed E-state index contributed by atoms with van der Waals surface area (Å²) >= 11 is 0. The number of rotatable bonds is 9. The second-order valence-electron chi connectivity index (χ2n) is 5.91. The van der Waals surface area contributed by atoms with E-state index in [-0.39, 0.29) is 0 Å². The van der Waals surface area contributed by atoms with E-state index in [2.05, 4.69) is 6.92 Å². The minimum Gasteiger partial charge on any atom is -0.387 e. The number of hydrogen-bond acceptors (Lipinski definition) is 6. The van der Waals surface area contributed by atoms with Gasteiger partial charge in [0.15, 0.2) is 0 Å². The summed E-state index contributed by atoms with van der Waals surface area (Å²) in [6.45, 7) is 2.52. The molecule has 126 valence electrons. The fraction of sp³-hybridized carbons (Fsp3) is 1.00. The van der Waals surface area contributed by atoms with Gasteiger partial charge in [-0.05, 0) is 6.42 Å². The Morgan fingerprint density at radius 1 is 0.619 bits per heavy atom. The van der Waals surface area contributed by atoms with Crippen molar-refractivity contribution in [3.8, 4) is 0 Å². The molecule has 1 saturated carbocycles. The Morgan fingerprint density at radius 3 is 1.57 bits per heavy atom. The fourth-order valence-electron chi connectivity index (χ4n) is 2.67. The molecule has 0 spiro atoms. The quantitative estimate of drug-likeness (QED) is 0.382. The molecule has 21 heavy (non-hydrogen) atoms. The second-order valence-corrected chi connectivity index (χ2v) is 5.91. The van der Waals surface area contributed by atoms with Crippen LogP contribution in [0.4, 0.5) is 0 Å². The van der Waals surface area contributed by atoms with Crippen molar-refractivity contribution < 1.29 is 30.3 Å². The lowest BCUT2D eigenvalue weighted by molar-refractivity contribution is -0.235. The summed E-state index contributed by atoms with van der Waals surface area (Å²) in [5, 5.41) is 48.2. The highest BCUT2D eigenvalue weighted by atomic mass is 16.5. The van der Waals surface area contributed by atoms with Crippen LogP contribution in [0, 0.1) is 0 Å². The molecular weight excluding hydrogens is 276 g/mol. The first kappa shape index (κ1) is 18.8. The van der Waals surface area contributed by atoms with Crippen LogP contribution in [0.15, 0.2) is 0 Å². The third-order valence-electron chi connectivity index (χ3n) is 4.13. The van der Waals surface area contributed by atoms with Gasteiger partial charge in [0.25, 0.3) is 0 Å². The van der Waals surface area contributed by atoms with Crippen molar-refractivity contribution in [1.82, 2.24) is 0 Å². The van der Waals surface area contributed by atoms with Crippen LogP contribution in [0.5, 0.6) is 0 Å². The molecule has 1 rings (SSSR count). The summed E-state index contributed by atoms with van der Waals surface area (Å²) in [6.07, 6.45) is -0.593. The van der Waals surface area contributed by atoms with Crippen molar-refractivity contribution in [2.45, 2.75) is 88.5 Å². The highest BCUT2D eigenvalue weighted by Crippen LogP contribution is 2.24. The van der Waals surface area contributed by atoms with E-state index >= 15 is 0 Å². The Bertz CT molecular complexity index is 259. The molecule has 0 radical (unpaired) electrons. The standard InChI is InChI=1S/C15H30O6/c1-2-3-4-5-6-7-8-9-21-15-13(19)11(17)10(16)12(18)14(15)20/h10-20H,2-9H2,1H3/t10?,11-,12+,13-,14-,15?/m1/s1. The van der Waals surface area contributed by atoms with Gasteiger partial charge in [0.2, 0.25) is 0 Å². The van der Waals surface area contributed by atoms with Crippen LogP contribution in [0.1, 0.15) is 51.9 Å². The summed E-state index contributed by atoms with van der Waals surface area (Å²) in [4.78, 5) is 0. The zero-order valence-electron chi connectivity index (χ0n) is 12.8. The smallest absolute Gasteiger partial charge is 0.114 e. The minimum absolute atomic E-state index is 0.349. The van der Waals surface area contributed by atoms with Crippen molar-refractivity contribution in [3.63, 3.8) is 0 Å². The molecule has 6 nitrogen and oxygen atoms in total. The van der Waals surface area contributed by atoms with E-state index in [0.29, 0.717) is 6.61 Å². The SMILES string of the molecule is CCCCCCCCCOC1[C@H](O)[C@H](O)C(O)[C@H](O)[C@H]1O. The van der Waals surface area contributed by atoms with Gasteiger partial charge in [-0.3, -0.25) is 0 Å². The van der Waals surface area contributed by atoms with Crippen molar-refractivity contribution in [2.75, 3.05) is 6.61 Å². The van der Waals surface area contributed by atoms with Gasteiger partial charge in [-0.1, -0.05) is 45.4 Å². The topological polar surface area (TPSA) is 110 Å². The van der Waals surface area contributed by atoms with Crippen LogP contribution in [0.2, 0.25) is 0 Å². The summed E-state index contributed by atoms with van der Waals surface area (Å²) in [6, 6.07) is 0. The van der Waals surface area contributed by atoms with Gasteiger partial charge in [-0.15, -0.1) is 0 Å². The highest BCUT2D eigenvalue weighted by molar-refractivity contribution is 4.99. The number of hydrogen-bond donors (Lipinski definition) is 5. The van der Waals surface area contributed by atoms with Crippen molar-refractivity contribution in [3.05, 3.63) is 0 Å². The first-order valence-corrected chi connectivity index (χ1v) is 8.02. The van der Waals surface area contributed by atoms with Gasteiger partial charge in [-0.2, -0.15) is 0 Å².